The van der Waals surface area contributed by atoms with Crippen LogP contribution >= 0.6 is 0 Å². The molecule has 0 N–H and O–H groups in total. The summed E-state index contributed by atoms with van der Waals surface area (Å²) >= 11 is 0. The summed E-state index contributed by atoms with van der Waals surface area (Å²) in [5.74, 6) is -7.85. The molecule has 0 amide bonds. The molecule has 0 unspecified atom stereocenters. The Morgan fingerprint density at radius 3 is 2.35 bits per heavy atom. The second kappa shape index (κ2) is 8.21. The van der Waals surface area contributed by atoms with E-state index in [1.807, 2.05) is 0 Å². The smallest absolute Gasteiger partial charge is 0.345 e. The highest BCUT2D eigenvalue weighted by molar-refractivity contribution is 6.24. The van der Waals surface area contributed by atoms with Gasteiger partial charge in [-0.05, 0) is 19.9 Å². The number of esters is 1. The Balaban J connectivity index is 3.39. The molecule has 0 aliphatic heterocycles. The van der Waals surface area contributed by atoms with Crippen molar-refractivity contribution in [3.63, 3.8) is 0 Å². The molecule has 1 aromatic carbocycles. The van der Waals surface area contributed by atoms with Crippen molar-refractivity contribution in [2.24, 2.45) is 0 Å². The molecule has 1 aromatic rings. The van der Waals surface area contributed by atoms with Gasteiger partial charge >= 0.3 is 5.97 Å². The van der Waals surface area contributed by atoms with Crippen LogP contribution in [0.3, 0.4) is 0 Å². The number of ether oxygens (including phenoxy) is 3. The monoisotopic (exact) mass is 334 g/mol. The summed E-state index contributed by atoms with van der Waals surface area (Å²) in [4.78, 5) is 24.1. The molecule has 126 valence electrons. The fourth-order valence-electron chi connectivity index (χ4n) is 1.64. The van der Waals surface area contributed by atoms with Crippen LogP contribution in [0.25, 0.3) is 0 Å². The number of hydrogen-bond acceptors (Lipinski definition) is 5. The van der Waals surface area contributed by atoms with Crippen molar-refractivity contribution in [1.29, 1.82) is 0 Å². The van der Waals surface area contributed by atoms with Gasteiger partial charge in [-0.25, -0.2) is 13.6 Å². The van der Waals surface area contributed by atoms with Crippen molar-refractivity contribution in [3.8, 4) is 5.75 Å². The zero-order chi connectivity index (χ0) is 17.6. The summed E-state index contributed by atoms with van der Waals surface area (Å²) in [6.45, 7) is 3.17. The van der Waals surface area contributed by atoms with Gasteiger partial charge in [0.1, 0.15) is 11.8 Å². The molecule has 0 bridgehead atoms. The van der Waals surface area contributed by atoms with Gasteiger partial charge in [0.05, 0.1) is 25.9 Å². The van der Waals surface area contributed by atoms with Crippen LogP contribution in [-0.4, -0.2) is 32.1 Å². The highest BCUT2D eigenvalue weighted by atomic mass is 19.2. The molecule has 0 aromatic heterocycles. The number of ketones is 1. The van der Waals surface area contributed by atoms with Crippen molar-refractivity contribution < 1.29 is 37.0 Å². The molecule has 0 saturated heterocycles. The van der Waals surface area contributed by atoms with Gasteiger partial charge in [-0.2, -0.15) is 4.39 Å². The van der Waals surface area contributed by atoms with Gasteiger partial charge in [0.25, 0.3) is 0 Å². The van der Waals surface area contributed by atoms with Crippen LogP contribution in [0.4, 0.5) is 13.2 Å². The molecule has 0 aliphatic rings. The lowest BCUT2D eigenvalue weighted by Gasteiger charge is -2.10. The molecule has 0 spiro atoms. The van der Waals surface area contributed by atoms with Crippen LogP contribution in [0.5, 0.6) is 5.75 Å². The maximum Gasteiger partial charge on any atom is 0.345 e. The molecule has 0 saturated carbocycles. The lowest BCUT2D eigenvalue weighted by atomic mass is 10.1. The van der Waals surface area contributed by atoms with Crippen LogP contribution < -0.4 is 4.74 Å². The normalized spacial score (nSPS) is 11.1. The van der Waals surface area contributed by atoms with E-state index >= 15 is 0 Å². The Kier molecular flexibility index (Phi) is 6.62. The number of rotatable bonds is 7. The van der Waals surface area contributed by atoms with Crippen LogP contribution in [0.15, 0.2) is 17.9 Å². The fraction of sp³-hybridized carbons (Fsp3) is 0.333. The number of carbonyl (C=O) groups excluding carboxylic acids is 2. The Morgan fingerprint density at radius 1 is 1.17 bits per heavy atom. The zero-order valence-electron chi connectivity index (χ0n) is 12.7. The Bertz CT molecular complexity index is 640. The standard InChI is InChI=1S/C15H15F3O5/c1-4-22-7-9(15(20)23-5-2)13(19)8-6-10(16)12(18)14(21-3)11(8)17/h6-7H,4-5H2,1-3H3/b9-7-/i9+2. The summed E-state index contributed by atoms with van der Waals surface area (Å²) in [6.07, 6.45) is 0.785. The minimum atomic E-state index is -1.58. The first-order valence-corrected chi connectivity index (χ1v) is 6.63. The Labute approximate surface area is 130 Å². The number of methoxy groups -OCH3 is 1. The topological polar surface area (TPSA) is 61.8 Å². The minimum Gasteiger partial charge on any atom is -0.500 e. The summed E-state index contributed by atoms with van der Waals surface area (Å²) in [7, 11) is 0.914. The number of halogens is 3. The van der Waals surface area contributed by atoms with Crippen molar-refractivity contribution in [3.05, 3.63) is 40.9 Å². The van der Waals surface area contributed by atoms with Crippen LogP contribution in [0.1, 0.15) is 24.2 Å². The van der Waals surface area contributed by atoms with E-state index in [4.69, 9.17) is 4.74 Å². The van der Waals surface area contributed by atoms with Gasteiger partial charge in [0, 0.05) is 0 Å². The van der Waals surface area contributed by atoms with Gasteiger partial charge in [-0.1, -0.05) is 0 Å². The van der Waals surface area contributed by atoms with Crippen LogP contribution in [0.2, 0.25) is 0 Å². The molecular formula is C15H15F3O5. The van der Waals surface area contributed by atoms with E-state index < -0.39 is 46.1 Å². The third-order valence-electron chi connectivity index (χ3n) is 2.67. The maximum atomic E-state index is 14.1. The average molecular weight is 334 g/mol. The summed E-state index contributed by atoms with van der Waals surface area (Å²) in [5.41, 5.74) is -1.53. The fourth-order valence-corrected chi connectivity index (χ4v) is 1.64. The predicted octanol–water partition coefficient (Wildman–Crippen LogP) is 2.78. The number of hydrogen-bond donors (Lipinski definition) is 0. The second-order valence-corrected chi connectivity index (χ2v) is 4.10. The lowest BCUT2D eigenvalue weighted by Crippen LogP contribution is -2.18. The highest BCUT2D eigenvalue weighted by Gasteiger charge is 2.29. The molecule has 5 nitrogen and oxygen atoms in total. The zero-order valence-corrected chi connectivity index (χ0v) is 12.7. The molecule has 0 fully saturated rings. The second-order valence-electron chi connectivity index (χ2n) is 4.10. The number of Topliss-reactive ketones (excluding diaryl/α,β-unsaturated/α-hetero) is 1. The van der Waals surface area contributed by atoms with Gasteiger partial charge in [0.15, 0.2) is 17.4 Å². The molecular weight excluding hydrogens is 319 g/mol. The predicted molar refractivity (Wildman–Crippen MR) is 73.5 cm³/mol. The van der Waals surface area contributed by atoms with Crippen molar-refractivity contribution in [1.82, 2.24) is 0 Å². The molecule has 0 atom stereocenters. The summed E-state index contributed by atoms with van der Waals surface area (Å²) < 4.78 is 54.9. The van der Waals surface area contributed by atoms with Crippen LogP contribution in [0, 0.1) is 17.5 Å². The average Bonchev–Trinajstić information content (AvgIpc) is 2.52. The van der Waals surface area contributed by atoms with Gasteiger partial charge in [-0.3, -0.25) is 4.79 Å². The van der Waals surface area contributed by atoms with E-state index in [9.17, 15) is 22.8 Å². The van der Waals surface area contributed by atoms with Gasteiger partial charge < -0.3 is 14.2 Å². The van der Waals surface area contributed by atoms with E-state index in [0.29, 0.717) is 6.07 Å². The Hall–Kier alpha value is -2.51. The van der Waals surface area contributed by atoms with E-state index in [0.717, 1.165) is 13.4 Å². The molecule has 0 radical (unpaired) electrons. The molecule has 8 heteroatoms. The van der Waals surface area contributed by atoms with Gasteiger partial charge in [0.2, 0.25) is 11.6 Å². The number of benzene rings is 1. The molecule has 0 heterocycles. The summed E-state index contributed by atoms with van der Waals surface area (Å²) in [5, 5.41) is 0. The lowest BCUT2D eigenvalue weighted by molar-refractivity contribution is -0.138. The van der Waals surface area contributed by atoms with Crippen LogP contribution in [-0.2, 0) is 14.3 Å². The minimum absolute atomic E-state index is 0.0425. The van der Waals surface area contributed by atoms with Gasteiger partial charge in [-0.15, -0.1) is 0 Å². The molecule has 1 rings (SSSR count). The first-order valence-electron chi connectivity index (χ1n) is 6.63. The number of carbonyl (C=O) groups is 2. The van der Waals surface area contributed by atoms with Crippen molar-refractivity contribution in [2.45, 2.75) is 13.8 Å². The third kappa shape index (κ3) is 4.02. The van der Waals surface area contributed by atoms with E-state index in [-0.39, 0.29) is 13.2 Å². The molecule has 0 aliphatic carbocycles. The first kappa shape index (κ1) is 18.5. The van der Waals surface area contributed by atoms with E-state index in [1.165, 1.54) is 6.92 Å². The van der Waals surface area contributed by atoms with Crippen molar-refractivity contribution in [2.75, 3.05) is 20.3 Å². The Morgan fingerprint density at radius 2 is 1.83 bits per heavy atom. The molecule has 23 heavy (non-hydrogen) atoms. The van der Waals surface area contributed by atoms with E-state index in [2.05, 4.69) is 9.47 Å². The largest absolute Gasteiger partial charge is 0.500 e. The maximum absolute atomic E-state index is 14.1. The quantitative estimate of drug-likeness (QED) is 0.146. The SMILES string of the molecule is CCO/C=[14C](\C(=O)OCC)C(=O)c1cc(F)c(F)c(OC)c1F. The third-order valence-corrected chi connectivity index (χ3v) is 2.67. The first-order chi connectivity index (χ1) is 10.9. The highest BCUT2D eigenvalue weighted by Crippen LogP contribution is 2.28. The van der Waals surface area contributed by atoms with E-state index in [1.54, 1.807) is 6.92 Å². The van der Waals surface area contributed by atoms with Crippen molar-refractivity contribution >= 4 is 11.8 Å². The summed E-state index contributed by atoms with van der Waals surface area (Å²) in [6, 6.07) is 0.342.